The van der Waals surface area contributed by atoms with E-state index in [0.29, 0.717) is 5.56 Å². The quantitative estimate of drug-likeness (QED) is 0.470. The lowest BCUT2D eigenvalue weighted by molar-refractivity contribution is -0.136. The second-order valence-electron chi connectivity index (χ2n) is 3.17. The van der Waals surface area contributed by atoms with E-state index in [1.165, 1.54) is 13.2 Å². The van der Waals surface area contributed by atoms with Crippen molar-refractivity contribution < 1.29 is 14.3 Å². The molecule has 1 rings (SSSR count). The maximum Gasteiger partial charge on any atom is 0.338 e. The van der Waals surface area contributed by atoms with Crippen molar-refractivity contribution in [1.29, 1.82) is 0 Å². The number of hydrogen-bond donors (Lipinski definition) is 1. The third-order valence-corrected chi connectivity index (χ3v) is 2.04. The topological polar surface area (TPSA) is 82.3 Å². The van der Waals surface area contributed by atoms with Gasteiger partial charge in [0.1, 0.15) is 0 Å². The van der Waals surface area contributed by atoms with Gasteiger partial charge in [-0.3, -0.25) is 9.78 Å². The Hall–Kier alpha value is -2.43. The molecule has 0 aromatic carbocycles. The summed E-state index contributed by atoms with van der Waals surface area (Å²) in [4.78, 5) is 26.3. The van der Waals surface area contributed by atoms with Gasteiger partial charge in [-0.2, -0.15) is 0 Å². The number of aromatic nitrogens is 1. The van der Waals surface area contributed by atoms with Crippen molar-refractivity contribution in [2.24, 2.45) is 5.73 Å². The van der Waals surface area contributed by atoms with Crippen molar-refractivity contribution in [2.45, 2.75) is 0 Å². The summed E-state index contributed by atoms with van der Waals surface area (Å²) in [6.45, 7) is 3.48. The molecule has 1 amide bonds. The van der Waals surface area contributed by atoms with Crippen LogP contribution in [0.4, 0.5) is 0 Å². The van der Waals surface area contributed by atoms with Gasteiger partial charge in [-0.25, -0.2) is 4.79 Å². The predicted octanol–water partition coefficient (Wildman–Crippen LogP) is 0.679. The van der Waals surface area contributed by atoms with Crippen LogP contribution in [0.3, 0.4) is 0 Å². The van der Waals surface area contributed by atoms with E-state index >= 15 is 0 Å². The summed E-state index contributed by atoms with van der Waals surface area (Å²) >= 11 is 0. The van der Waals surface area contributed by atoms with Gasteiger partial charge in [0.2, 0.25) is 5.91 Å². The first kappa shape index (κ1) is 12.6. The molecular weight excluding hydrogens is 220 g/mol. The molecule has 5 nitrogen and oxygen atoms in total. The number of carbonyl (C=O) groups excluding carboxylic acids is 2. The molecule has 0 aliphatic carbocycles. The predicted molar refractivity (Wildman–Crippen MR) is 62.6 cm³/mol. The third kappa shape index (κ3) is 3.27. The number of nitrogens with zero attached hydrogens (tertiary/aromatic N) is 1. The first-order valence-corrected chi connectivity index (χ1v) is 4.75. The molecule has 0 bridgehead atoms. The fourth-order valence-corrected chi connectivity index (χ4v) is 1.17. The van der Waals surface area contributed by atoms with Crippen molar-refractivity contribution in [1.82, 2.24) is 4.98 Å². The fraction of sp³-hybridized carbons (Fsp3) is 0.0833. The van der Waals surface area contributed by atoms with Crippen LogP contribution in [-0.2, 0) is 14.3 Å². The number of ether oxygens (including phenoxy) is 1. The van der Waals surface area contributed by atoms with E-state index < -0.39 is 11.9 Å². The van der Waals surface area contributed by atoms with Crippen LogP contribution in [-0.4, -0.2) is 24.0 Å². The van der Waals surface area contributed by atoms with E-state index in [9.17, 15) is 9.59 Å². The molecule has 1 aromatic rings. The highest BCUT2D eigenvalue weighted by Crippen LogP contribution is 2.13. The molecule has 0 aliphatic heterocycles. The average molecular weight is 232 g/mol. The molecule has 0 saturated heterocycles. The zero-order chi connectivity index (χ0) is 12.8. The average Bonchev–Trinajstić information content (AvgIpc) is 2.35. The monoisotopic (exact) mass is 232 g/mol. The van der Waals surface area contributed by atoms with E-state index in [1.54, 1.807) is 24.5 Å². The molecule has 5 heteroatoms. The van der Waals surface area contributed by atoms with Crippen LogP contribution in [0.2, 0.25) is 0 Å². The molecule has 2 N–H and O–H groups in total. The van der Waals surface area contributed by atoms with Gasteiger partial charge in [-0.15, -0.1) is 0 Å². The van der Waals surface area contributed by atoms with E-state index in [0.717, 1.165) is 0 Å². The Kier molecular flexibility index (Phi) is 4.16. The standard InChI is InChI=1S/C12H12N2O3/c1-8(12(16)17-2)10(11(13)15)7-9-3-5-14-6-4-9/h3-7H,1H2,2H3,(H2,13,15). The van der Waals surface area contributed by atoms with E-state index in [4.69, 9.17) is 5.73 Å². The molecule has 0 atom stereocenters. The summed E-state index contributed by atoms with van der Waals surface area (Å²) in [7, 11) is 1.21. The Labute approximate surface area is 98.6 Å². The van der Waals surface area contributed by atoms with E-state index in [1.807, 2.05) is 0 Å². The maximum absolute atomic E-state index is 11.3. The van der Waals surface area contributed by atoms with Gasteiger partial charge >= 0.3 is 5.97 Å². The second kappa shape index (κ2) is 5.60. The van der Waals surface area contributed by atoms with Crippen LogP contribution < -0.4 is 5.73 Å². The molecule has 0 spiro atoms. The van der Waals surface area contributed by atoms with E-state index in [-0.39, 0.29) is 11.1 Å². The second-order valence-corrected chi connectivity index (χ2v) is 3.17. The first-order valence-electron chi connectivity index (χ1n) is 4.75. The Morgan fingerprint density at radius 2 is 2.00 bits per heavy atom. The largest absolute Gasteiger partial charge is 0.465 e. The molecule has 0 unspecified atom stereocenters. The van der Waals surface area contributed by atoms with Crippen LogP contribution in [0.25, 0.3) is 6.08 Å². The highest BCUT2D eigenvalue weighted by Gasteiger charge is 2.16. The lowest BCUT2D eigenvalue weighted by Gasteiger charge is -2.05. The summed E-state index contributed by atoms with van der Waals surface area (Å²) in [6, 6.07) is 3.35. The van der Waals surface area contributed by atoms with Crippen molar-refractivity contribution in [3.8, 4) is 0 Å². The van der Waals surface area contributed by atoms with Crippen LogP contribution in [0.15, 0.2) is 42.3 Å². The fourth-order valence-electron chi connectivity index (χ4n) is 1.17. The highest BCUT2D eigenvalue weighted by atomic mass is 16.5. The van der Waals surface area contributed by atoms with Gasteiger partial charge in [0.25, 0.3) is 0 Å². The molecule has 88 valence electrons. The van der Waals surface area contributed by atoms with Crippen LogP contribution in [0.1, 0.15) is 5.56 Å². The van der Waals surface area contributed by atoms with Crippen molar-refractivity contribution in [2.75, 3.05) is 7.11 Å². The molecule has 0 radical (unpaired) electrons. The lowest BCUT2D eigenvalue weighted by atomic mass is 10.0. The number of primary amides is 1. The molecular formula is C12H12N2O3. The summed E-state index contributed by atoms with van der Waals surface area (Å²) in [6.07, 6.45) is 4.58. The SMILES string of the molecule is C=C(C(=O)OC)C(=Cc1ccncc1)C(N)=O. The summed E-state index contributed by atoms with van der Waals surface area (Å²) < 4.78 is 4.48. The number of carbonyl (C=O) groups is 2. The molecule has 0 aliphatic rings. The molecule has 17 heavy (non-hydrogen) atoms. The van der Waals surface area contributed by atoms with Gasteiger partial charge < -0.3 is 10.5 Å². The number of nitrogens with two attached hydrogens (primary N) is 1. The maximum atomic E-state index is 11.3. The van der Waals surface area contributed by atoms with Crippen molar-refractivity contribution in [3.63, 3.8) is 0 Å². The van der Waals surface area contributed by atoms with Gasteiger partial charge in [-0.05, 0) is 23.8 Å². The summed E-state index contributed by atoms with van der Waals surface area (Å²) in [5.74, 6) is -1.43. The van der Waals surface area contributed by atoms with Gasteiger partial charge in [0.15, 0.2) is 0 Å². The Bertz CT molecular complexity index is 478. The molecule has 1 heterocycles. The highest BCUT2D eigenvalue weighted by molar-refractivity contribution is 6.11. The molecule has 0 saturated carbocycles. The smallest absolute Gasteiger partial charge is 0.338 e. The minimum atomic E-state index is -0.739. The number of pyridine rings is 1. The van der Waals surface area contributed by atoms with Gasteiger partial charge in [-0.1, -0.05) is 6.58 Å². The minimum absolute atomic E-state index is 0.0167. The van der Waals surface area contributed by atoms with Crippen LogP contribution >= 0.6 is 0 Å². The zero-order valence-corrected chi connectivity index (χ0v) is 9.34. The Morgan fingerprint density at radius 1 is 1.41 bits per heavy atom. The Balaban J connectivity index is 3.11. The number of hydrogen-bond acceptors (Lipinski definition) is 4. The number of rotatable bonds is 4. The zero-order valence-electron chi connectivity index (χ0n) is 9.34. The van der Waals surface area contributed by atoms with Gasteiger partial charge in [0, 0.05) is 12.4 Å². The van der Waals surface area contributed by atoms with Crippen LogP contribution in [0.5, 0.6) is 0 Å². The summed E-state index contributed by atoms with van der Waals surface area (Å²) in [5, 5.41) is 0. The molecule has 1 aromatic heterocycles. The van der Waals surface area contributed by atoms with Crippen molar-refractivity contribution >= 4 is 18.0 Å². The van der Waals surface area contributed by atoms with Crippen LogP contribution in [0, 0.1) is 0 Å². The Morgan fingerprint density at radius 3 is 2.47 bits per heavy atom. The first-order chi connectivity index (χ1) is 8.06. The number of amides is 1. The van der Waals surface area contributed by atoms with E-state index in [2.05, 4.69) is 16.3 Å². The minimum Gasteiger partial charge on any atom is -0.465 e. The third-order valence-electron chi connectivity index (χ3n) is 2.04. The normalized spacial score (nSPS) is 10.8. The van der Waals surface area contributed by atoms with Crippen molar-refractivity contribution in [3.05, 3.63) is 47.8 Å². The van der Waals surface area contributed by atoms with Gasteiger partial charge in [0.05, 0.1) is 18.3 Å². The summed E-state index contributed by atoms with van der Waals surface area (Å²) in [5.41, 5.74) is 5.82. The number of esters is 1. The molecule has 0 fully saturated rings. The lowest BCUT2D eigenvalue weighted by Crippen LogP contribution is -2.19. The number of methoxy groups -OCH3 is 1.